The monoisotopic (exact) mass is 288 g/mol. The van der Waals surface area contributed by atoms with Crippen LogP contribution >= 0.6 is 11.6 Å². The molecule has 0 unspecified atom stereocenters. The van der Waals surface area contributed by atoms with Crippen molar-refractivity contribution in [2.75, 3.05) is 0 Å². The molecule has 0 amide bonds. The Morgan fingerprint density at radius 2 is 2.05 bits per heavy atom. The number of hydrogen-bond acceptors (Lipinski definition) is 4. The zero-order chi connectivity index (χ0) is 14.1. The third kappa shape index (κ3) is 2.00. The van der Waals surface area contributed by atoms with Gasteiger partial charge in [-0.05, 0) is 23.8 Å². The van der Waals surface area contributed by atoms with Gasteiger partial charge >= 0.3 is 0 Å². The number of benzene rings is 2. The van der Waals surface area contributed by atoms with E-state index in [0.29, 0.717) is 11.3 Å². The first-order valence-electron chi connectivity index (χ1n) is 5.85. The van der Waals surface area contributed by atoms with Crippen LogP contribution in [0.15, 0.2) is 42.5 Å². The molecule has 0 aliphatic rings. The minimum absolute atomic E-state index is 0.00817. The van der Waals surface area contributed by atoms with Crippen molar-refractivity contribution in [3.8, 4) is 5.69 Å². The number of aromatic nitrogens is 3. The van der Waals surface area contributed by atoms with Crippen molar-refractivity contribution < 1.29 is 4.92 Å². The van der Waals surface area contributed by atoms with E-state index < -0.39 is 4.92 Å². The van der Waals surface area contributed by atoms with Gasteiger partial charge in [0.25, 0.3) is 5.69 Å². The molecule has 0 radical (unpaired) electrons. The van der Waals surface area contributed by atoms with Gasteiger partial charge in [-0.1, -0.05) is 17.3 Å². The van der Waals surface area contributed by atoms with Crippen LogP contribution in [0.2, 0.25) is 0 Å². The maximum atomic E-state index is 10.8. The molecule has 3 rings (SSSR count). The van der Waals surface area contributed by atoms with Gasteiger partial charge in [0.1, 0.15) is 5.52 Å². The topological polar surface area (TPSA) is 73.8 Å². The summed E-state index contributed by atoms with van der Waals surface area (Å²) in [6.07, 6.45) is 0. The summed E-state index contributed by atoms with van der Waals surface area (Å²) in [5.74, 6) is 0.158. The number of halogens is 1. The summed E-state index contributed by atoms with van der Waals surface area (Å²) in [7, 11) is 0. The van der Waals surface area contributed by atoms with E-state index in [-0.39, 0.29) is 11.6 Å². The fraction of sp³-hybridized carbons (Fsp3) is 0.0769. The molecular formula is C13H9ClN4O2. The lowest BCUT2D eigenvalue weighted by atomic mass is 10.1. The fourth-order valence-electron chi connectivity index (χ4n) is 2.05. The first-order chi connectivity index (χ1) is 9.70. The maximum absolute atomic E-state index is 10.8. The number of nitro groups is 1. The minimum Gasteiger partial charge on any atom is -0.258 e. The molecule has 7 heteroatoms. The van der Waals surface area contributed by atoms with Crippen LogP contribution in [0.3, 0.4) is 0 Å². The molecule has 0 bridgehead atoms. The molecule has 6 nitrogen and oxygen atoms in total. The summed E-state index contributed by atoms with van der Waals surface area (Å²) in [4.78, 5) is 10.4. The number of hydrogen-bond donors (Lipinski definition) is 0. The van der Waals surface area contributed by atoms with Gasteiger partial charge in [0.15, 0.2) is 0 Å². The standard InChI is InChI=1S/C13H9ClN4O2/c14-8-9-7-10(18(19)20)5-6-12(9)17-13-4-2-1-3-11(13)15-16-17/h1-7H,8H2. The van der Waals surface area contributed by atoms with E-state index in [1.807, 2.05) is 24.3 Å². The fourth-order valence-corrected chi connectivity index (χ4v) is 2.26. The Morgan fingerprint density at radius 1 is 1.25 bits per heavy atom. The van der Waals surface area contributed by atoms with E-state index in [2.05, 4.69) is 10.3 Å². The van der Waals surface area contributed by atoms with Crippen molar-refractivity contribution in [2.24, 2.45) is 0 Å². The molecule has 3 aromatic rings. The molecule has 2 aromatic carbocycles. The molecule has 0 atom stereocenters. The van der Waals surface area contributed by atoms with Crippen LogP contribution in [-0.2, 0) is 5.88 Å². The zero-order valence-electron chi connectivity index (χ0n) is 10.2. The Morgan fingerprint density at radius 3 is 2.80 bits per heavy atom. The van der Waals surface area contributed by atoms with Gasteiger partial charge in [0, 0.05) is 18.0 Å². The zero-order valence-corrected chi connectivity index (χ0v) is 11.0. The van der Waals surface area contributed by atoms with E-state index in [1.165, 1.54) is 12.1 Å². The van der Waals surface area contributed by atoms with E-state index in [1.54, 1.807) is 10.7 Å². The summed E-state index contributed by atoms with van der Waals surface area (Å²) in [5, 5.41) is 19.0. The number of para-hydroxylation sites is 1. The lowest BCUT2D eigenvalue weighted by Crippen LogP contribution is -2.01. The maximum Gasteiger partial charge on any atom is 0.269 e. The number of rotatable bonds is 3. The first-order valence-corrected chi connectivity index (χ1v) is 6.38. The highest BCUT2D eigenvalue weighted by Gasteiger charge is 2.14. The van der Waals surface area contributed by atoms with E-state index in [9.17, 15) is 10.1 Å². The number of nitro benzene ring substituents is 1. The van der Waals surface area contributed by atoms with Crippen molar-refractivity contribution in [2.45, 2.75) is 5.88 Å². The number of non-ortho nitro benzene ring substituents is 1. The Labute approximate surface area is 118 Å². The van der Waals surface area contributed by atoms with Crippen molar-refractivity contribution in [1.29, 1.82) is 0 Å². The summed E-state index contributed by atoms with van der Waals surface area (Å²) >= 11 is 5.89. The Hall–Kier alpha value is -2.47. The molecule has 0 fully saturated rings. The lowest BCUT2D eigenvalue weighted by Gasteiger charge is -2.07. The largest absolute Gasteiger partial charge is 0.269 e. The average Bonchev–Trinajstić information content (AvgIpc) is 2.90. The van der Waals surface area contributed by atoms with Crippen LogP contribution in [0.25, 0.3) is 16.7 Å². The van der Waals surface area contributed by atoms with Gasteiger partial charge in [-0.2, -0.15) is 0 Å². The smallest absolute Gasteiger partial charge is 0.258 e. The van der Waals surface area contributed by atoms with Crippen molar-refractivity contribution in [3.63, 3.8) is 0 Å². The summed E-state index contributed by atoms with van der Waals surface area (Å²) < 4.78 is 1.64. The first kappa shape index (κ1) is 12.6. The van der Waals surface area contributed by atoms with Gasteiger partial charge < -0.3 is 0 Å². The van der Waals surface area contributed by atoms with Crippen LogP contribution in [0, 0.1) is 10.1 Å². The highest BCUT2D eigenvalue weighted by atomic mass is 35.5. The van der Waals surface area contributed by atoms with Crippen molar-refractivity contribution in [1.82, 2.24) is 15.0 Å². The molecule has 100 valence electrons. The van der Waals surface area contributed by atoms with Gasteiger partial charge in [-0.15, -0.1) is 16.7 Å². The van der Waals surface area contributed by atoms with Crippen molar-refractivity contribution >= 4 is 28.3 Å². The van der Waals surface area contributed by atoms with Gasteiger partial charge in [-0.3, -0.25) is 10.1 Å². The average molecular weight is 289 g/mol. The second kappa shape index (κ2) is 4.90. The number of fused-ring (bicyclic) bond motifs is 1. The predicted molar refractivity (Wildman–Crippen MR) is 75.1 cm³/mol. The van der Waals surface area contributed by atoms with Gasteiger partial charge in [0.2, 0.25) is 0 Å². The normalized spacial score (nSPS) is 10.8. The molecule has 0 N–H and O–H groups in total. The summed E-state index contributed by atoms with van der Waals surface area (Å²) in [6.45, 7) is 0. The van der Waals surface area contributed by atoms with Crippen LogP contribution in [0.1, 0.15) is 5.56 Å². The second-order valence-electron chi connectivity index (χ2n) is 4.19. The van der Waals surface area contributed by atoms with Gasteiger partial charge in [0.05, 0.1) is 16.1 Å². The van der Waals surface area contributed by atoms with E-state index >= 15 is 0 Å². The predicted octanol–water partition coefficient (Wildman–Crippen LogP) is 3.07. The van der Waals surface area contributed by atoms with E-state index in [4.69, 9.17) is 11.6 Å². The van der Waals surface area contributed by atoms with Crippen LogP contribution in [0.5, 0.6) is 0 Å². The lowest BCUT2D eigenvalue weighted by molar-refractivity contribution is -0.384. The summed E-state index contributed by atoms with van der Waals surface area (Å²) in [5.41, 5.74) is 2.92. The van der Waals surface area contributed by atoms with Crippen LogP contribution in [-0.4, -0.2) is 19.9 Å². The van der Waals surface area contributed by atoms with Crippen molar-refractivity contribution in [3.05, 3.63) is 58.1 Å². The molecule has 20 heavy (non-hydrogen) atoms. The van der Waals surface area contributed by atoms with Gasteiger partial charge in [-0.25, -0.2) is 4.68 Å². The molecule has 1 aromatic heterocycles. The third-order valence-electron chi connectivity index (χ3n) is 3.00. The molecule has 0 aliphatic heterocycles. The molecule has 0 saturated carbocycles. The Balaban J connectivity index is 2.21. The quantitative estimate of drug-likeness (QED) is 0.422. The van der Waals surface area contributed by atoms with Crippen LogP contribution in [0.4, 0.5) is 5.69 Å². The van der Waals surface area contributed by atoms with E-state index in [0.717, 1.165) is 11.0 Å². The number of alkyl halides is 1. The van der Waals surface area contributed by atoms with Crippen LogP contribution < -0.4 is 0 Å². The molecule has 0 saturated heterocycles. The Bertz CT molecular complexity index is 800. The SMILES string of the molecule is O=[N+]([O-])c1ccc(-n2nnc3ccccc32)c(CCl)c1. The molecule has 1 heterocycles. The Kier molecular flexibility index (Phi) is 3.08. The third-order valence-corrected chi connectivity index (χ3v) is 3.29. The number of nitrogens with zero attached hydrogens (tertiary/aromatic N) is 4. The highest BCUT2D eigenvalue weighted by Crippen LogP contribution is 2.24. The second-order valence-corrected chi connectivity index (χ2v) is 4.46. The molecular weight excluding hydrogens is 280 g/mol. The molecule has 0 spiro atoms. The summed E-state index contributed by atoms with van der Waals surface area (Å²) in [6, 6.07) is 12.0. The minimum atomic E-state index is -0.445. The highest BCUT2D eigenvalue weighted by molar-refractivity contribution is 6.17. The molecule has 0 aliphatic carbocycles.